The highest BCUT2D eigenvalue weighted by molar-refractivity contribution is 7.90. The molecule has 20 heavy (non-hydrogen) atoms. The predicted octanol–water partition coefficient (Wildman–Crippen LogP) is 1.71. The minimum Gasteiger partial charge on any atom is -0.327 e. The molecule has 0 saturated carbocycles. The molecule has 0 saturated heterocycles. The van der Waals surface area contributed by atoms with E-state index in [1.54, 1.807) is 6.07 Å². The lowest BCUT2D eigenvalue weighted by Crippen LogP contribution is -2.31. The molecular formula is C14H22N2O3S. The van der Waals surface area contributed by atoms with Crippen LogP contribution < -0.4 is 11.1 Å². The summed E-state index contributed by atoms with van der Waals surface area (Å²) < 4.78 is 23.0. The van der Waals surface area contributed by atoms with Gasteiger partial charge in [0.2, 0.25) is 5.91 Å². The van der Waals surface area contributed by atoms with E-state index in [1.165, 1.54) is 12.1 Å². The predicted molar refractivity (Wildman–Crippen MR) is 80.3 cm³/mol. The van der Waals surface area contributed by atoms with Crippen LogP contribution in [0.1, 0.15) is 25.8 Å². The van der Waals surface area contributed by atoms with Crippen molar-refractivity contribution in [3.05, 3.63) is 23.8 Å². The van der Waals surface area contributed by atoms with Crippen molar-refractivity contribution in [2.24, 2.45) is 11.7 Å². The number of hydrogen-bond donors (Lipinski definition) is 2. The first kappa shape index (κ1) is 16.7. The Balaban J connectivity index is 2.90. The molecule has 1 amide bonds. The summed E-state index contributed by atoms with van der Waals surface area (Å²) in [5.41, 5.74) is 7.17. The molecular weight excluding hydrogens is 276 g/mol. The van der Waals surface area contributed by atoms with E-state index in [0.717, 1.165) is 11.8 Å². The van der Waals surface area contributed by atoms with Gasteiger partial charge in [0.25, 0.3) is 0 Å². The number of rotatable bonds is 5. The largest absolute Gasteiger partial charge is 0.327 e. The normalized spacial score (nSPS) is 13.3. The molecule has 6 heteroatoms. The molecule has 0 aliphatic carbocycles. The highest BCUT2D eigenvalue weighted by Crippen LogP contribution is 2.20. The van der Waals surface area contributed by atoms with Gasteiger partial charge in [0, 0.05) is 24.4 Å². The van der Waals surface area contributed by atoms with Crippen molar-refractivity contribution < 1.29 is 13.2 Å². The lowest BCUT2D eigenvalue weighted by atomic mass is 10.0. The van der Waals surface area contributed by atoms with Crippen LogP contribution in [-0.2, 0) is 14.6 Å². The van der Waals surface area contributed by atoms with Gasteiger partial charge in [-0.3, -0.25) is 4.79 Å². The summed E-state index contributed by atoms with van der Waals surface area (Å²) in [6, 6.07) is 4.46. The molecule has 0 aliphatic heterocycles. The fraction of sp³-hybridized carbons (Fsp3) is 0.500. The smallest absolute Gasteiger partial charge is 0.225 e. The van der Waals surface area contributed by atoms with Crippen molar-refractivity contribution in [3.63, 3.8) is 0 Å². The second-order valence-electron chi connectivity index (χ2n) is 5.41. The summed E-state index contributed by atoms with van der Waals surface area (Å²) in [4.78, 5) is 12.1. The minimum absolute atomic E-state index is 0.187. The maximum Gasteiger partial charge on any atom is 0.225 e. The van der Waals surface area contributed by atoms with Crippen LogP contribution in [0.4, 0.5) is 5.69 Å². The van der Waals surface area contributed by atoms with Crippen molar-refractivity contribution in [1.82, 2.24) is 0 Å². The molecule has 3 N–H and O–H groups in total. The monoisotopic (exact) mass is 298 g/mol. The summed E-state index contributed by atoms with van der Waals surface area (Å²) in [6.07, 6.45) is 1.35. The van der Waals surface area contributed by atoms with Gasteiger partial charge in [0.15, 0.2) is 9.84 Å². The van der Waals surface area contributed by atoms with E-state index in [0.29, 0.717) is 5.69 Å². The first-order chi connectivity index (χ1) is 9.11. The van der Waals surface area contributed by atoms with Crippen LogP contribution in [0.15, 0.2) is 23.1 Å². The second kappa shape index (κ2) is 6.37. The molecule has 1 unspecified atom stereocenters. The van der Waals surface area contributed by atoms with E-state index < -0.39 is 9.84 Å². The fourth-order valence-corrected chi connectivity index (χ4v) is 2.26. The highest BCUT2D eigenvalue weighted by atomic mass is 32.2. The molecule has 0 radical (unpaired) electrons. The summed E-state index contributed by atoms with van der Waals surface area (Å²) in [7, 11) is -3.29. The van der Waals surface area contributed by atoms with Crippen molar-refractivity contribution in [2.75, 3.05) is 11.6 Å². The first-order valence-electron chi connectivity index (χ1n) is 6.47. The molecule has 0 aliphatic rings. The van der Waals surface area contributed by atoms with E-state index in [2.05, 4.69) is 5.32 Å². The number of hydrogen-bond acceptors (Lipinski definition) is 4. The first-order valence-corrected chi connectivity index (χ1v) is 8.36. The molecule has 1 aromatic carbocycles. The Morgan fingerprint density at radius 2 is 1.95 bits per heavy atom. The molecule has 0 fully saturated rings. The van der Waals surface area contributed by atoms with Crippen molar-refractivity contribution in [1.29, 1.82) is 0 Å². The van der Waals surface area contributed by atoms with Crippen LogP contribution in [0.25, 0.3) is 0 Å². The van der Waals surface area contributed by atoms with Crippen LogP contribution >= 0.6 is 0 Å². The summed E-state index contributed by atoms with van der Waals surface area (Å²) in [5, 5.41) is 2.73. The molecule has 1 atom stereocenters. The van der Waals surface area contributed by atoms with E-state index in [1.807, 2.05) is 20.8 Å². The minimum atomic E-state index is -3.29. The molecule has 0 spiro atoms. The zero-order valence-corrected chi connectivity index (χ0v) is 13.1. The lowest BCUT2D eigenvalue weighted by Gasteiger charge is -2.16. The third kappa shape index (κ3) is 4.61. The Bertz CT molecular complexity index is 594. The number of nitrogens with one attached hydrogen (secondary N) is 1. The molecule has 0 bridgehead atoms. The fourth-order valence-electron chi connectivity index (χ4n) is 1.62. The van der Waals surface area contributed by atoms with E-state index in [-0.39, 0.29) is 29.2 Å². The van der Waals surface area contributed by atoms with Gasteiger partial charge in [-0.2, -0.15) is 0 Å². The van der Waals surface area contributed by atoms with Crippen LogP contribution in [0.5, 0.6) is 0 Å². The maximum atomic E-state index is 11.9. The quantitative estimate of drug-likeness (QED) is 0.866. The summed E-state index contributed by atoms with van der Waals surface area (Å²) in [6.45, 7) is 5.71. The molecule has 112 valence electrons. The van der Waals surface area contributed by atoms with E-state index in [4.69, 9.17) is 5.73 Å². The van der Waals surface area contributed by atoms with E-state index >= 15 is 0 Å². The number of sulfone groups is 1. The standard InChI is InChI=1S/C14H22N2O3S/c1-9(2)12(15)8-14(17)16-13-7-11(20(4,18)19)6-5-10(13)3/h5-7,9,12H,8,15H2,1-4H3,(H,16,17). The zero-order chi connectivity index (χ0) is 15.5. The van der Waals surface area contributed by atoms with Gasteiger partial charge in [-0.1, -0.05) is 19.9 Å². The second-order valence-corrected chi connectivity index (χ2v) is 7.42. The molecule has 1 rings (SSSR count). The number of amides is 1. The Labute approximate surface area is 120 Å². The van der Waals surface area contributed by atoms with Crippen LogP contribution in [0, 0.1) is 12.8 Å². The summed E-state index contributed by atoms with van der Waals surface area (Å²) >= 11 is 0. The lowest BCUT2D eigenvalue weighted by molar-refractivity contribution is -0.116. The number of anilines is 1. The summed E-state index contributed by atoms with van der Waals surface area (Å²) in [5.74, 6) is 0.00384. The highest BCUT2D eigenvalue weighted by Gasteiger charge is 2.15. The molecule has 0 heterocycles. The Hall–Kier alpha value is -1.40. The van der Waals surface area contributed by atoms with Gasteiger partial charge in [0.05, 0.1) is 4.90 Å². The SMILES string of the molecule is Cc1ccc(S(C)(=O)=O)cc1NC(=O)CC(N)C(C)C. The topological polar surface area (TPSA) is 89.3 Å². The Morgan fingerprint density at radius 1 is 1.35 bits per heavy atom. The molecule has 0 aromatic heterocycles. The van der Waals surface area contributed by atoms with E-state index in [9.17, 15) is 13.2 Å². The number of carbonyl (C=O) groups excluding carboxylic acids is 1. The Morgan fingerprint density at radius 3 is 2.45 bits per heavy atom. The van der Waals surface area contributed by atoms with Gasteiger partial charge in [0.1, 0.15) is 0 Å². The maximum absolute atomic E-state index is 11.9. The molecule has 5 nitrogen and oxygen atoms in total. The van der Waals surface area contributed by atoms with Gasteiger partial charge in [-0.15, -0.1) is 0 Å². The number of aryl methyl sites for hydroxylation is 1. The zero-order valence-electron chi connectivity index (χ0n) is 12.3. The average Bonchev–Trinajstić information content (AvgIpc) is 2.30. The Kier molecular flexibility index (Phi) is 5.30. The van der Waals surface area contributed by atoms with Crippen LogP contribution in [0.3, 0.4) is 0 Å². The van der Waals surface area contributed by atoms with Gasteiger partial charge in [-0.05, 0) is 30.5 Å². The molecule has 1 aromatic rings. The van der Waals surface area contributed by atoms with Gasteiger partial charge in [-0.25, -0.2) is 8.42 Å². The number of nitrogens with two attached hydrogens (primary N) is 1. The number of carbonyl (C=O) groups is 1. The van der Waals surface area contributed by atoms with Crippen LogP contribution in [-0.4, -0.2) is 26.6 Å². The van der Waals surface area contributed by atoms with Crippen LogP contribution in [0.2, 0.25) is 0 Å². The van der Waals surface area contributed by atoms with Crippen molar-refractivity contribution in [2.45, 2.75) is 38.1 Å². The van der Waals surface area contributed by atoms with Gasteiger partial charge >= 0.3 is 0 Å². The third-order valence-corrected chi connectivity index (χ3v) is 4.30. The number of benzene rings is 1. The third-order valence-electron chi connectivity index (χ3n) is 3.19. The average molecular weight is 298 g/mol. The van der Waals surface area contributed by atoms with Gasteiger partial charge < -0.3 is 11.1 Å². The van der Waals surface area contributed by atoms with Crippen molar-refractivity contribution >= 4 is 21.4 Å². The van der Waals surface area contributed by atoms with Crippen molar-refractivity contribution in [3.8, 4) is 0 Å².